The van der Waals surface area contributed by atoms with Crippen LogP contribution >= 0.6 is 15.9 Å². The molecule has 2 aromatic heterocycles. The zero-order valence-corrected chi connectivity index (χ0v) is 9.78. The van der Waals surface area contributed by atoms with Gasteiger partial charge in [-0.05, 0) is 22.9 Å². The number of hydrogen-bond acceptors (Lipinski definition) is 4. The largest absolute Gasteiger partial charge is 0.465 e. The Morgan fingerprint density at radius 3 is 3.00 bits per heavy atom. The number of aromatic nitrogens is 3. The van der Waals surface area contributed by atoms with Crippen LogP contribution in [0.15, 0.2) is 16.9 Å². The maximum absolute atomic E-state index is 11.5. The maximum atomic E-state index is 11.5. The summed E-state index contributed by atoms with van der Waals surface area (Å²) < 4.78 is 7.02. The van der Waals surface area contributed by atoms with Crippen molar-refractivity contribution in [2.24, 2.45) is 0 Å². The molecule has 5 nitrogen and oxygen atoms in total. The summed E-state index contributed by atoms with van der Waals surface area (Å²) in [4.78, 5) is 15.6. The van der Waals surface area contributed by atoms with Crippen molar-refractivity contribution in [1.29, 1.82) is 0 Å². The van der Waals surface area contributed by atoms with Gasteiger partial charge >= 0.3 is 5.97 Å². The van der Waals surface area contributed by atoms with Gasteiger partial charge in [0.2, 0.25) is 0 Å². The van der Waals surface area contributed by atoms with E-state index in [1.807, 2.05) is 0 Å². The van der Waals surface area contributed by atoms with Gasteiger partial charge in [-0.1, -0.05) is 0 Å². The molecule has 78 valence electrons. The number of nitrogens with zero attached hydrogens (tertiary/aromatic N) is 3. The minimum atomic E-state index is -0.419. The summed E-state index contributed by atoms with van der Waals surface area (Å²) in [6, 6.07) is 0. The van der Waals surface area contributed by atoms with Gasteiger partial charge in [0.1, 0.15) is 5.56 Å². The first-order valence-electron chi connectivity index (χ1n) is 4.22. The second-order valence-electron chi connectivity index (χ2n) is 2.99. The molecule has 0 aliphatic rings. The van der Waals surface area contributed by atoms with E-state index >= 15 is 0 Å². The van der Waals surface area contributed by atoms with Gasteiger partial charge in [0, 0.05) is 12.4 Å². The normalized spacial score (nSPS) is 10.6. The monoisotopic (exact) mass is 269 g/mol. The first-order chi connectivity index (χ1) is 7.13. The summed E-state index contributed by atoms with van der Waals surface area (Å²) in [6.45, 7) is 1.74. The molecule has 0 saturated carbocycles. The van der Waals surface area contributed by atoms with Crippen LogP contribution in [-0.4, -0.2) is 27.7 Å². The summed E-state index contributed by atoms with van der Waals surface area (Å²) in [5.41, 5.74) is 1.51. The zero-order chi connectivity index (χ0) is 11.0. The van der Waals surface area contributed by atoms with E-state index in [4.69, 9.17) is 0 Å². The molecular weight excluding hydrogens is 262 g/mol. The Labute approximate surface area is 94.2 Å². The zero-order valence-electron chi connectivity index (χ0n) is 8.19. The fourth-order valence-electron chi connectivity index (χ4n) is 1.36. The lowest BCUT2D eigenvalue weighted by molar-refractivity contribution is 0.0602. The summed E-state index contributed by atoms with van der Waals surface area (Å²) in [6.07, 6.45) is 3.35. The summed E-state index contributed by atoms with van der Waals surface area (Å²) in [7, 11) is 1.34. The molecule has 0 radical (unpaired) electrons. The molecular formula is C9H8BrN3O2. The Balaban J connectivity index is 2.73. The third-order valence-corrected chi connectivity index (χ3v) is 2.41. The van der Waals surface area contributed by atoms with E-state index < -0.39 is 5.97 Å². The highest BCUT2D eigenvalue weighted by molar-refractivity contribution is 9.10. The van der Waals surface area contributed by atoms with Crippen molar-refractivity contribution in [2.75, 3.05) is 7.11 Å². The molecule has 2 aromatic rings. The average Bonchev–Trinajstić information content (AvgIpc) is 2.52. The van der Waals surface area contributed by atoms with Crippen molar-refractivity contribution in [2.45, 2.75) is 6.92 Å². The fourth-order valence-corrected chi connectivity index (χ4v) is 1.66. The van der Waals surface area contributed by atoms with Crippen LogP contribution in [0, 0.1) is 6.92 Å². The number of fused-ring (bicyclic) bond motifs is 1. The number of methoxy groups -OCH3 is 1. The molecule has 0 atom stereocenters. The molecule has 0 aliphatic carbocycles. The number of ether oxygens (including phenoxy) is 1. The predicted octanol–water partition coefficient (Wildman–Crippen LogP) is 1.59. The van der Waals surface area contributed by atoms with Crippen molar-refractivity contribution >= 4 is 27.5 Å². The van der Waals surface area contributed by atoms with Crippen LogP contribution in [-0.2, 0) is 4.74 Å². The molecule has 0 unspecified atom stereocenters. The second-order valence-corrected chi connectivity index (χ2v) is 3.91. The number of carbonyl (C=O) groups is 1. The van der Waals surface area contributed by atoms with Gasteiger partial charge in [-0.25, -0.2) is 14.3 Å². The number of aryl methyl sites for hydroxylation is 1. The predicted molar refractivity (Wildman–Crippen MR) is 56.8 cm³/mol. The lowest BCUT2D eigenvalue weighted by Crippen LogP contribution is -2.03. The summed E-state index contributed by atoms with van der Waals surface area (Å²) in [5.74, 6) is -0.419. The van der Waals surface area contributed by atoms with E-state index in [1.165, 1.54) is 7.11 Å². The first kappa shape index (κ1) is 10.1. The van der Waals surface area contributed by atoms with Crippen LogP contribution in [0.1, 0.15) is 16.1 Å². The van der Waals surface area contributed by atoms with Gasteiger partial charge in [0.05, 0.1) is 17.3 Å². The highest BCUT2D eigenvalue weighted by atomic mass is 79.9. The molecule has 2 rings (SSSR count). The van der Waals surface area contributed by atoms with E-state index in [1.54, 1.807) is 23.8 Å². The molecule has 0 aromatic carbocycles. The number of carbonyl (C=O) groups excluding carboxylic acids is 1. The topological polar surface area (TPSA) is 56.5 Å². The molecule has 0 aliphatic heterocycles. The van der Waals surface area contributed by atoms with E-state index in [-0.39, 0.29) is 0 Å². The van der Waals surface area contributed by atoms with E-state index in [0.29, 0.717) is 16.9 Å². The summed E-state index contributed by atoms with van der Waals surface area (Å²) in [5, 5.41) is 4.17. The van der Waals surface area contributed by atoms with E-state index in [2.05, 4.69) is 30.7 Å². The number of hydrogen-bond donors (Lipinski definition) is 0. The minimum absolute atomic E-state index is 0.407. The Morgan fingerprint density at radius 2 is 2.33 bits per heavy atom. The van der Waals surface area contributed by atoms with E-state index in [0.717, 1.165) is 4.47 Å². The van der Waals surface area contributed by atoms with Gasteiger partial charge in [-0.2, -0.15) is 5.10 Å². The van der Waals surface area contributed by atoms with E-state index in [9.17, 15) is 4.79 Å². The average molecular weight is 270 g/mol. The maximum Gasteiger partial charge on any atom is 0.343 e. The molecule has 0 N–H and O–H groups in total. The minimum Gasteiger partial charge on any atom is -0.465 e. The Hall–Kier alpha value is -1.43. The molecule has 6 heteroatoms. The van der Waals surface area contributed by atoms with Gasteiger partial charge in [-0.3, -0.25) is 0 Å². The lowest BCUT2D eigenvalue weighted by atomic mass is 10.2. The standard InChI is InChI=1S/C9H8BrN3O2/c1-5-7(9(14)15-2)8-11-3-6(10)4-13(8)12-5/h3-4H,1-2H3. The van der Waals surface area contributed by atoms with Crippen molar-refractivity contribution in [3.05, 3.63) is 28.1 Å². The third kappa shape index (κ3) is 1.61. The van der Waals surface area contributed by atoms with Crippen molar-refractivity contribution < 1.29 is 9.53 Å². The Morgan fingerprint density at radius 1 is 1.60 bits per heavy atom. The molecule has 15 heavy (non-hydrogen) atoms. The van der Waals surface area contributed by atoms with Crippen molar-refractivity contribution in [3.63, 3.8) is 0 Å². The SMILES string of the molecule is COC(=O)c1c(C)nn2cc(Br)cnc12. The van der Waals surface area contributed by atoms with Crippen LogP contribution < -0.4 is 0 Å². The van der Waals surface area contributed by atoms with Crippen LogP contribution in [0.5, 0.6) is 0 Å². The highest BCUT2D eigenvalue weighted by Crippen LogP contribution is 2.16. The van der Waals surface area contributed by atoms with Crippen LogP contribution in [0.2, 0.25) is 0 Å². The number of rotatable bonds is 1. The Bertz CT molecular complexity index is 535. The molecule has 0 bridgehead atoms. The van der Waals surface area contributed by atoms with Gasteiger partial charge in [0.15, 0.2) is 5.65 Å². The molecule has 0 fully saturated rings. The quantitative estimate of drug-likeness (QED) is 0.738. The third-order valence-electron chi connectivity index (χ3n) is 2.01. The fraction of sp³-hybridized carbons (Fsp3) is 0.222. The molecule has 0 saturated heterocycles. The molecule has 2 heterocycles. The van der Waals surface area contributed by atoms with Crippen LogP contribution in [0.3, 0.4) is 0 Å². The highest BCUT2D eigenvalue weighted by Gasteiger charge is 2.18. The van der Waals surface area contributed by atoms with Gasteiger partial charge in [0.25, 0.3) is 0 Å². The smallest absolute Gasteiger partial charge is 0.343 e. The molecule has 0 amide bonds. The Kier molecular flexibility index (Phi) is 2.44. The van der Waals surface area contributed by atoms with Gasteiger partial charge in [-0.15, -0.1) is 0 Å². The van der Waals surface area contributed by atoms with Gasteiger partial charge < -0.3 is 4.74 Å². The summed E-state index contributed by atoms with van der Waals surface area (Å²) >= 11 is 3.28. The van der Waals surface area contributed by atoms with Crippen LogP contribution in [0.25, 0.3) is 5.65 Å². The number of halogens is 1. The van der Waals surface area contributed by atoms with Crippen LogP contribution in [0.4, 0.5) is 0 Å². The second kappa shape index (κ2) is 3.62. The lowest BCUT2D eigenvalue weighted by Gasteiger charge is -1.97. The van der Waals surface area contributed by atoms with Crippen molar-refractivity contribution in [3.8, 4) is 0 Å². The molecule has 0 spiro atoms. The van der Waals surface area contributed by atoms with Crippen molar-refractivity contribution in [1.82, 2.24) is 14.6 Å². The first-order valence-corrected chi connectivity index (χ1v) is 5.01. The number of esters is 1.